The van der Waals surface area contributed by atoms with Crippen LogP contribution in [-0.2, 0) is 22.3 Å². The number of nitrogens with one attached hydrogen (secondary N) is 1. The first-order valence-electron chi connectivity index (χ1n) is 11.5. The Hall–Kier alpha value is -4.16. The number of likely N-dealkylation sites (N-methyl/N-ethyl adjacent to an activating group) is 1. The molecule has 0 aliphatic heterocycles. The number of carbonyl (C=O) groups is 2. The second-order valence-corrected chi connectivity index (χ2v) is 7.41. The summed E-state index contributed by atoms with van der Waals surface area (Å²) in [7, 11) is 3.41. The van der Waals surface area contributed by atoms with E-state index in [1.54, 1.807) is 38.4 Å². The van der Waals surface area contributed by atoms with E-state index in [0.717, 1.165) is 30.9 Å². The molecule has 8 nitrogen and oxygen atoms in total. The number of pyridine rings is 1. The van der Waals surface area contributed by atoms with Crippen molar-refractivity contribution in [2.24, 2.45) is 10.7 Å². The molecule has 0 atom stereocenters. The first-order chi connectivity index (χ1) is 18.7. The molecule has 1 aromatic heterocycles. The Balaban J connectivity index is 0.000000733. The molecule has 0 radical (unpaired) electrons. The second kappa shape index (κ2) is 17.4. The highest BCUT2D eigenvalue weighted by Gasteiger charge is 2.34. The Morgan fingerprint density at radius 3 is 2.26 bits per heavy atom. The van der Waals surface area contributed by atoms with Gasteiger partial charge in [0.1, 0.15) is 30.0 Å². The summed E-state index contributed by atoms with van der Waals surface area (Å²) in [6.45, 7) is 3.33. The van der Waals surface area contributed by atoms with Crippen LogP contribution < -0.4 is 15.8 Å². The minimum absolute atomic E-state index is 0.00904. The summed E-state index contributed by atoms with van der Waals surface area (Å²) >= 11 is 0. The smallest absolute Gasteiger partial charge is 0.419 e. The monoisotopic (exact) mass is 550 g/mol. The van der Waals surface area contributed by atoms with Crippen LogP contribution in [0.2, 0.25) is 0 Å². The molecule has 0 fully saturated rings. The van der Waals surface area contributed by atoms with E-state index in [-0.39, 0.29) is 35.0 Å². The fraction of sp³-hybridized carbons (Fsp3) is 0.259. The molecular formula is C27H30F4N4O4. The van der Waals surface area contributed by atoms with Gasteiger partial charge in [0.25, 0.3) is 0 Å². The molecule has 0 spiro atoms. The van der Waals surface area contributed by atoms with Crippen molar-refractivity contribution in [2.45, 2.75) is 19.7 Å². The van der Waals surface area contributed by atoms with Gasteiger partial charge in [0.05, 0.1) is 24.1 Å². The number of carbonyl (C=O) groups excluding carboxylic acids is 2. The fourth-order valence-electron chi connectivity index (χ4n) is 2.79. The normalized spacial score (nSPS) is 10.6. The van der Waals surface area contributed by atoms with Crippen molar-refractivity contribution in [2.75, 3.05) is 27.3 Å². The van der Waals surface area contributed by atoms with Crippen LogP contribution in [0.25, 0.3) is 11.3 Å². The molecule has 0 bridgehead atoms. The van der Waals surface area contributed by atoms with Gasteiger partial charge in [0, 0.05) is 25.3 Å². The summed E-state index contributed by atoms with van der Waals surface area (Å²) in [6.07, 6.45) is -2.70. The molecule has 3 N–H and O–H groups in total. The lowest BCUT2D eigenvalue weighted by molar-refractivity contribution is -0.139. The number of rotatable bonds is 9. The first-order valence-corrected chi connectivity index (χ1v) is 11.5. The van der Waals surface area contributed by atoms with Crippen LogP contribution in [0.15, 0.2) is 59.6 Å². The van der Waals surface area contributed by atoms with Gasteiger partial charge in [0.2, 0.25) is 0 Å². The van der Waals surface area contributed by atoms with Crippen molar-refractivity contribution < 1.29 is 36.6 Å². The molecule has 12 heteroatoms. The molecule has 0 saturated heterocycles. The number of benzene rings is 2. The zero-order chi connectivity index (χ0) is 29.3. The van der Waals surface area contributed by atoms with Crippen LogP contribution in [0.5, 0.6) is 5.75 Å². The minimum atomic E-state index is -4.88. The number of aliphatic imine (C=N–C) groups is 1. The third-order valence-corrected chi connectivity index (χ3v) is 4.70. The number of methoxy groups -OCH3 is 1. The summed E-state index contributed by atoms with van der Waals surface area (Å²) < 4.78 is 63.1. The summed E-state index contributed by atoms with van der Waals surface area (Å²) in [6, 6.07) is 12.8. The number of aromatic nitrogens is 1. The third-order valence-electron chi connectivity index (χ3n) is 4.70. The Bertz CT molecular complexity index is 1200. The van der Waals surface area contributed by atoms with Crippen LogP contribution in [0.3, 0.4) is 0 Å². The largest absolute Gasteiger partial charge is 0.488 e. The lowest BCUT2D eigenvalue weighted by Crippen LogP contribution is -2.08. The summed E-state index contributed by atoms with van der Waals surface area (Å²) in [5.74, 6) is -1.49. The Labute approximate surface area is 223 Å². The zero-order valence-electron chi connectivity index (χ0n) is 21.7. The lowest BCUT2D eigenvalue weighted by atomic mass is 10.1. The van der Waals surface area contributed by atoms with E-state index >= 15 is 0 Å². The number of alkyl halides is 3. The van der Waals surface area contributed by atoms with Gasteiger partial charge in [-0.2, -0.15) is 13.2 Å². The van der Waals surface area contributed by atoms with Crippen molar-refractivity contribution in [1.82, 2.24) is 10.3 Å². The molecule has 39 heavy (non-hydrogen) atoms. The molecule has 0 aliphatic carbocycles. The average Bonchev–Trinajstić information content (AvgIpc) is 2.93. The molecule has 210 valence electrons. The average molecular weight is 551 g/mol. The van der Waals surface area contributed by atoms with E-state index in [9.17, 15) is 27.2 Å². The highest BCUT2D eigenvalue weighted by Crippen LogP contribution is 2.36. The van der Waals surface area contributed by atoms with Crippen molar-refractivity contribution in [3.63, 3.8) is 0 Å². The standard InChI is InChI=1S/C21H15F4N3O2.C3H7NO.C3H8O/c22-17-7-6-14(8-16(17)21(23,24)25)18-9-19(15(10-29)20(28-18)27-12-26)30-11-13-4-2-1-3-5-13;1-4-2-3-5;1-3-4-2/h1-10,12H,11H2,(H2,26,27,28);3-4H,2H2,1H3;3H2,1-2H3. The van der Waals surface area contributed by atoms with Crippen LogP contribution in [0, 0.1) is 5.82 Å². The van der Waals surface area contributed by atoms with Crippen LogP contribution in [-0.4, -0.2) is 51.2 Å². The third kappa shape index (κ3) is 11.0. The molecule has 1 heterocycles. The van der Waals surface area contributed by atoms with E-state index in [1.807, 2.05) is 13.0 Å². The predicted molar refractivity (Wildman–Crippen MR) is 141 cm³/mol. The van der Waals surface area contributed by atoms with Gasteiger partial charge in [-0.25, -0.2) is 14.4 Å². The quantitative estimate of drug-likeness (QED) is 0.167. The Morgan fingerprint density at radius 2 is 1.77 bits per heavy atom. The molecule has 0 saturated carbocycles. The maximum atomic E-state index is 13.6. The van der Waals surface area contributed by atoms with E-state index in [0.29, 0.717) is 25.0 Å². The topological polar surface area (TPSA) is 116 Å². The van der Waals surface area contributed by atoms with E-state index in [2.05, 4.69) is 20.0 Å². The van der Waals surface area contributed by atoms with Crippen molar-refractivity contribution in [1.29, 1.82) is 0 Å². The maximum Gasteiger partial charge on any atom is 0.419 e. The molecule has 3 aromatic rings. The molecule has 0 amide bonds. The van der Waals surface area contributed by atoms with Gasteiger partial charge in [-0.05, 0) is 37.7 Å². The first kappa shape index (κ1) is 32.9. The van der Waals surface area contributed by atoms with Gasteiger partial charge >= 0.3 is 6.18 Å². The van der Waals surface area contributed by atoms with Gasteiger partial charge in [0.15, 0.2) is 12.1 Å². The fourth-order valence-corrected chi connectivity index (χ4v) is 2.79. The van der Waals surface area contributed by atoms with Crippen molar-refractivity contribution >= 4 is 24.7 Å². The number of hydrogen-bond acceptors (Lipinski definition) is 7. The Morgan fingerprint density at radius 1 is 1.10 bits per heavy atom. The molecular weight excluding hydrogens is 520 g/mol. The summed E-state index contributed by atoms with van der Waals surface area (Å²) in [5.41, 5.74) is 4.63. The summed E-state index contributed by atoms with van der Waals surface area (Å²) in [4.78, 5) is 28.8. The highest BCUT2D eigenvalue weighted by molar-refractivity contribution is 5.88. The number of ether oxygens (including phenoxy) is 2. The van der Waals surface area contributed by atoms with E-state index in [4.69, 9.17) is 10.5 Å². The number of hydrogen-bond donors (Lipinski definition) is 2. The zero-order valence-corrected chi connectivity index (χ0v) is 21.7. The van der Waals surface area contributed by atoms with Gasteiger partial charge < -0.3 is 25.3 Å². The highest BCUT2D eigenvalue weighted by atomic mass is 19.4. The second-order valence-electron chi connectivity index (χ2n) is 7.41. The van der Waals surface area contributed by atoms with E-state index in [1.165, 1.54) is 6.07 Å². The molecule has 3 rings (SSSR count). The van der Waals surface area contributed by atoms with Gasteiger partial charge in [-0.1, -0.05) is 30.3 Å². The predicted octanol–water partition coefficient (Wildman–Crippen LogP) is 4.97. The van der Waals surface area contributed by atoms with Gasteiger partial charge in [-0.3, -0.25) is 4.79 Å². The molecule has 0 unspecified atom stereocenters. The number of halogens is 4. The lowest BCUT2D eigenvalue weighted by Gasteiger charge is -2.14. The minimum Gasteiger partial charge on any atom is -0.488 e. The van der Waals surface area contributed by atoms with Crippen LogP contribution >= 0.6 is 0 Å². The Kier molecular flexibility index (Phi) is 14.6. The number of nitrogens with two attached hydrogens (primary N) is 1. The van der Waals surface area contributed by atoms with Crippen molar-refractivity contribution in [3.05, 3.63) is 77.1 Å². The van der Waals surface area contributed by atoms with E-state index < -0.39 is 17.6 Å². The van der Waals surface area contributed by atoms with Crippen LogP contribution in [0.1, 0.15) is 28.4 Å². The molecule has 2 aromatic carbocycles. The van der Waals surface area contributed by atoms with Crippen LogP contribution in [0.4, 0.5) is 23.4 Å². The van der Waals surface area contributed by atoms with Crippen molar-refractivity contribution in [3.8, 4) is 17.0 Å². The SMILES string of the molecule is CCOC.CNCC=O.N/C=N\c1nc(-c2ccc(F)c(C(F)(F)F)c2)cc(OCc2ccccc2)c1C=O. The number of aldehydes is 2. The maximum absolute atomic E-state index is 13.6. The summed E-state index contributed by atoms with van der Waals surface area (Å²) in [5, 5.41) is 2.65. The number of nitrogens with zero attached hydrogens (tertiary/aromatic N) is 2. The van der Waals surface area contributed by atoms with Gasteiger partial charge in [-0.15, -0.1) is 0 Å². The molecule has 0 aliphatic rings.